The van der Waals surface area contributed by atoms with E-state index in [0.717, 1.165) is 11.3 Å². The number of hydrogen-bond acceptors (Lipinski definition) is 4. The van der Waals surface area contributed by atoms with Gasteiger partial charge in [-0.2, -0.15) is 4.31 Å². The number of para-hydroxylation sites is 1. The molecule has 0 unspecified atom stereocenters. The lowest BCUT2D eigenvalue weighted by molar-refractivity contribution is -0.135. The van der Waals surface area contributed by atoms with E-state index in [1.807, 2.05) is 24.3 Å². The van der Waals surface area contributed by atoms with Crippen LogP contribution in [0.2, 0.25) is 0 Å². The van der Waals surface area contributed by atoms with Crippen molar-refractivity contribution in [3.05, 3.63) is 60.2 Å². The lowest BCUT2D eigenvalue weighted by atomic mass is 9.98. The number of piperidine rings is 1. The Labute approximate surface area is 166 Å². The number of amides is 1. The summed E-state index contributed by atoms with van der Waals surface area (Å²) in [7, 11) is -0.226. The highest BCUT2D eigenvalue weighted by Crippen LogP contribution is 2.26. The van der Waals surface area contributed by atoms with Crippen LogP contribution in [0.1, 0.15) is 18.4 Å². The molecule has 3 rings (SSSR count). The van der Waals surface area contributed by atoms with Crippen molar-refractivity contribution in [3.63, 3.8) is 0 Å². The molecule has 2 aromatic carbocycles. The molecule has 1 atom stereocenters. The van der Waals surface area contributed by atoms with Gasteiger partial charge < -0.3 is 9.64 Å². The van der Waals surface area contributed by atoms with Gasteiger partial charge in [0.25, 0.3) is 0 Å². The van der Waals surface area contributed by atoms with Crippen molar-refractivity contribution in [1.29, 1.82) is 0 Å². The molecule has 0 N–H and O–H groups in total. The fourth-order valence-electron chi connectivity index (χ4n) is 3.58. The molecule has 7 heteroatoms. The highest BCUT2D eigenvalue weighted by atomic mass is 32.2. The van der Waals surface area contributed by atoms with Crippen LogP contribution in [0.3, 0.4) is 0 Å². The van der Waals surface area contributed by atoms with E-state index in [-0.39, 0.29) is 23.3 Å². The van der Waals surface area contributed by atoms with Crippen molar-refractivity contribution in [3.8, 4) is 5.75 Å². The molecule has 28 heavy (non-hydrogen) atoms. The molecule has 0 bridgehead atoms. The van der Waals surface area contributed by atoms with E-state index in [0.29, 0.717) is 25.9 Å². The Bertz CT molecular complexity index is 915. The van der Waals surface area contributed by atoms with E-state index in [2.05, 4.69) is 0 Å². The minimum Gasteiger partial charge on any atom is -0.496 e. The molecule has 1 heterocycles. The minimum absolute atomic E-state index is 0.0427. The summed E-state index contributed by atoms with van der Waals surface area (Å²) < 4.78 is 32.6. The van der Waals surface area contributed by atoms with Gasteiger partial charge in [0.15, 0.2) is 0 Å². The molecule has 1 amide bonds. The Balaban J connectivity index is 1.70. The number of rotatable bonds is 6. The number of ether oxygens (including phenoxy) is 1. The summed E-state index contributed by atoms with van der Waals surface area (Å²) in [5.74, 6) is 0.352. The zero-order valence-corrected chi connectivity index (χ0v) is 17.1. The molecule has 1 saturated heterocycles. The SMILES string of the molecule is COc1ccccc1CN(C)C(=O)[C@H]1CCCN(S(=O)(=O)c2ccccc2)C1. The van der Waals surface area contributed by atoms with Crippen LogP contribution in [0.4, 0.5) is 0 Å². The fraction of sp³-hybridized carbons (Fsp3) is 0.381. The number of benzene rings is 2. The highest BCUT2D eigenvalue weighted by molar-refractivity contribution is 7.89. The summed E-state index contributed by atoms with van der Waals surface area (Å²) in [5.41, 5.74) is 0.922. The first-order valence-corrected chi connectivity index (χ1v) is 10.8. The van der Waals surface area contributed by atoms with Crippen LogP contribution in [0.25, 0.3) is 0 Å². The predicted octanol–water partition coefficient (Wildman–Crippen LogP) is 2.75. The third-order valence-electron chi connectivity index (χ3n) is 5.09. The average molecular weight is 403 g/mol. The van der Waals surface area contributed by atoms with Gasteiger partial charge >= 0.3 is 0 Å². The van der Waals surface area contributed by atoms with Crippen LogP contribution in [0.5, 0.6) is 5.75 Å². The van der Waals surface area contributed by atoms with Crippen LogP contribution in [0, 0.1) is 5.92 Å². The lowest BCUT2D eigenvalue weighted by Crippen LogP contribution is -2.45. The van der Waals surface area contributed by atoms with Gasteiger partial charge in [-0.05, 0) is 31.0 Å². The van der Waals surface area contributed by atoms with E-state index in [1.54, 1.807) is 49.4 Å². The van der Waals surface area contributed by atoms with Crippen LogP contribution in [-0.2, 0) is 21.4 Å². The Morgan fingerprint density at radius 3 is 2.54 bits per heavy atom. The summed E-state index contributed by atoms with van der Waals surface area (Å²) in [5, 5.41) is 0. The smallest absolute Gasteiger partial charge is 0.243 e. The Morgan fingerprint density at radius 1 is 1.14 bits per heavy atom. The molecule has 0 radical (unpaired) electrons. The minimum atomic E-state index is -3.58. The van der Waals surface area contributed by atoms with E-state index < -0.39 is 10.0 Å². The highest BCUT2D eigenvalue weighted by Gasteiger charge is 2.34. The largest absolute Gasteiger partial charge is 0.496 e. The summed E-state index contributed by atoms with van der Waals surface area (Å²) in [4.78, 5) is 14.9. The summed E-state index contributed by atoms with van der Waals surface area (Å²) in [6, 6.07) is 16.0. The molecular formula is C21H26N2O4S. The van der Waals surface area contributed by atoms with Crippen molar-refractivity contribution in [2.24, 2.45) is 5.92 Å². The van der Waals surface area contributed by atoms with Gasteiger partial charge in [-0.25, -0.2) is 8.42 Å². The van der Waals surface area contributed by atoms with Gasteiger partial charge in [0.2, 0.25) is 15.9 Å². The topological polar surface area (TPSA) is 66.9 Å². The maximum absolute atomic E-state index is 13.0. The standard InChI is InChI=1S/C21H26N2O4S/c1-22(15-17-9-6-7-13-20(17)27-2)21(24)18-10-8-14-23(16-18)28(25,26)19-11-4-3-5-12-19/h3-7,9,11-13,18H,8,10,14-16H2,1-2H3/t18-/m0/s1. The molecule has 0 aliphatic carbocycles. The first kappa shape index (κ1) is 20.4. The first-order chi connectivity index (χ1) is 13.4. The molecule has 150 valence electrons. The maximum Gasteiger partial charge on any atom is 0.243 e. The van der Waals surface area contributed by atoms with Gasteiger partial charge in [-0.1, -0.05) is 36.4 Å². The second-order valence-electron chi connectivity index (χ2n) is 7.02. The van der Waals surface area contributed by atoms with Crippen LogP contribution in [0.15, 0.2) is 59.5 Å². The molecule has 2 aromatic rings. The van der Waals surface area contributed by atoms with Crippen molar-refractivity contribution < 1.29 is 17.9 Å². The Kier molecular flexibility index (Phi) is 6.36. The van der Waals surface area contributed by atoms with Gasteiger partial charge in [0.05, 0.1) is 17.9 Å². The third kappa shape index (κ3) is 4.36. The predicted molar refractivity (Wildman–Crippen MR) is 107 cm³/mol. The van der Waals surface area contributed by atoms with Gasteiger partial charge in [0.1, 0.15) is 5.75 Å². The molecule has 6 nitrogen and oxygen atoms in total. The number of sulfonamides is 1. The van der Waals surface area contributed by atoms with Crippen LogP contribution < -0.4 is 4.74 Å². The fourth-order valence-corrected chi connectivity index (χ4v) is 5.13. The van der Waals surface area contributed by atoms with E-state index >= 15 is 0 Å². The molecule has 0 saturated carbocycles. The van der Waals surface area contributed by atoms with E-state index in [1.165, 1.54) is 4.31 Å². The number of nitrogens with zero attached hydrogens (tertiary/aromatic N) is 2. The summed E-state index contributed by atoms with van der Waals surface area (Å²) in [6.07, 6.45) is 1.36. The van der Waals surface area contributed by atoms with Gasteiger partial charge in [-0.3, -0.25) is 4.79 Å². The van der Waals surface area contributed by atoms with Gasteiger partial charge in [-0.15, -0.1) is 0 Å². The van der Waals surface area contributed by atoms with Crippen molar-refractivity contribution in [2.45, 2.75) is 24.3 Å². The van der Waals surface area contributed by atoms with Crippen LogP contribution >= 0.6 is 0 Å². The quantitative estimate of drug-likeness (QED) is 0.745. The molecule has 1 aliphatic rings. The first-order valence-electron chi connectivity index (χ1n) is 9.35. The number of hydrogen-bond donors (Lipinski definition) is 0. The second kappa shape index (κ2) is 8.75. The Morgan fingerprint density at radius 2 is 1.82 bits per heavy atom. The Hall–Kier alpha value is -2.38. The molecule has 0 spiro atoms. The zero-order chi connectivity index (χ0) is 20.1. The van der Waals surface area contributed by atoms with Crippen molar-refractivity contribution in [2.75, 3.05) is 27.2 Å². The van der Waals surface area contributed by atoms with Crippen molar-refractivity contribution >= 4 is 15.9 Å². The number of carbonyl (C=O) groups excluding carboxylic acids is 1. The average Bonchev–Trinajstić information content (AvgIpc) is 2.74. The van der Waals surface area contributed by atoms with Crippen molar-refractivity contribution in [1.82, 2.24) is 9.21 Å². The zero-order valence-electron chi connectivity index (χ0n) is 16.2. The van der Waals surface area contributed by atoms with Gasteiger partial charge in [0, 0.05) is 32.2 Å². The number of carbonyl (C=O) groups is 1. The molecule has 1 fully saturated rings. The number of methoxy groups -OCH3 is 1. The summed E-state index contributed by atoms with van der Waals surface area (Å²) in [6.45, 7) is 1.08. The van der Waals surface area contributed by atoms with Crippen LogP contribution in [-0.4, -0.2) is 50.8 Å². The monoisotopic (exact) mass is 402 g/mol. The summed E-state index contributed by atoms with van der Waals surface area (Å²) >= 11 is 0. The molecule has 0 aromatic heterocycles. The lowest BCUT2D eigenvalue weighted by Gasteiger charge is -2.33. The molecule has 1 aliphatic heterocycles. The third-order valence-corrected chi connectivity index (χ3v) is 6.97. The normalized spacial score (nSPS) is 17.9. The molecular weight excluding hydrogens is 376 g/mol. The van der Waals surface area contributed by atoms with E-state index in [4.69, 9.17) is 4.74 Å². The van der Waals surface area contributed by atoms with E-state index in [9.17, 15) is 13.2 Å². The maximum atomic E-state index is 13.0. The second-order valence-corrected chi connectivity index (χ2v) is 8.96.